The van der Waals surface area contributed by atoms with Gasteiger partial charge in [-0.25, -0.2) is 4.39 Å². The van der Waals surface area contributed by atoms with Crippen LogP contribution in [0.2, 0.25) is 0 Å². The normalized spacial score (nSPS) is 29.3. The fourth-order valence-corrected chi connectivity index (χ4v) is 2.18. The minimum Gasteiger partial charge on any atom is -0.463 e. The van der Waals surface area contributed by atoms with Gasteiger partial charge in [-0.15, -0.1) is 0 Å². The molecule has 10 heteroatoms. The van der Waals surface area contributed by atoms with E-state index in [1.165, 1.54) is 0 Å². The molecule has 1 rings (SSSR count). The van der Waals surface area contributed by atoms with Crippen LogP contribution in [0.15, 0.2) is 0 Å². The molecule has 1 saturated heterocycles. The molecule has 0 aromatic rings. The Morgan fingerprint density at radius 2 is 1.25 bits per heavy atom. The number of rotatable bonds is 5. The van der Waals surface area contributed by atoms with Gasteiger partial charge in [-0.2, -0.15) is 0 Å². The van der Waals surface area contributed by atoms with E-state index in [0.29, 0.717) is 0 Å². The van der Waals surface area contributed by atoms with Crippen LogP contribution >= 0.6 is 0 Å². The lowest BCUT2D eigenvalue weighted by atomic mass is 9.98. The summed E-state index contributed by atoms with van der Waals surface area (Å²) in [5.74, 6) is -3.09. The standard InChI is InChI=1S/C14H19FO9/c1-6(16)20-5-10-11(21-7(2)17)12(22-8(3)18)13(14(15)24-10)23-9(4)19/h10-14H,5H2,1-4H3/t10-,11-,12+,13+,14+/m1/s1. The molecule has 0 saturated carbocycles. The number of halogens is 1. The maximum atomic E-state index is 14.2. The van der Waals surface area contributed by atoms with Crippen molar-refractivity contribution < 1.29 is 47.3 Å². The molecule has 24 heavy (non-hydrogen) atoms. The quantitative estimate of drug-likeness (QED) is 0.500. The molecule has 1 fully saturated rings. The van der Waals surface area contributed by atoms with Gasteiger partial charge in [0.15, 0.2) is 18.3 Å². The van der Waals surface area contributed by atoms with E-state index in [4.69, 9.17) is 23.7 Å². The van der Waals surface area contributed by atoms with Gasteiger partial charge in [-0.05, 0) is 0 Å². The predicted octanol–water partition coefficient (Wildman–Crippen LogP) is 0.0390. The molecule has 0 aliphatic carbocycles. The van der Waals surface area contributed by atoms with E-state index < -0.39 is 61.3 Å². The second kappa shape index (κ2) is 8.57. The van der Waals surface area contributed by atoms with Crippen molar-refractivity contribution in [2.75, 3.05) is 6.61 Å². The Kier molecular flexibility index (Phi) is 7.08. The zero-order valence-corrected chi connectivity index (χ0v) is 13.6. The molecule has 0 unspecified atom stereocenters. The second-order valence-electron chi connectivity index (χ2n) is 5.05. The molecule has 0 amide bonds. The largest absolute Gasteiger partial charge is 0.463 e. The third-order valence-corrected chi connectivity index (χ3v) is 2.93. The molecule has 0 bridgehead atoms. The zero-order chi connectivity index (χ0) is 18.4. The van der Waals surface area contributed by atoms with E-state index in [1.54, 1.807) is 0 Å². The maximum Gasteiger partial charge on any atom is 0.303 e. The van der Waals surface area contributed by atoms with Crippen molar-refractivity contribution in [2.45, 2.75) is 58.5 Å². The first-order chi connectivity index (χ1) is 11.1. The summed E-state index contributed by atoms with van der Waals surface area (Å²) in [5, 5.41) is 0. The van der Waals surface area contributed by atoms with Crippen LogP contribution in [0.25, 0.3) is 0 Å². The third-order valence-electron chi connectivity index (χ3n) is 2.93. The van der Waals surface area contributed by atoms with Crippen molar-refractivity contribution in [1.82, 2.24) is 0 Å². The van der Waals surface area contributed by atoms with Crippen molar-refractivity contribution in [1.29, 1.82) is 0 Å². The highest BCUT2D eigenvalue weighted by atomic mass is 19.1. The number of hydrogen-bond acceptors (Lipinski definition) is 9. The Morgan fingerprint density at radius 1 is 0.792 bits per heavy atom. The topological polar surface area (TPSA) is 114 Å². The Morgan fingerprint density at radius 3 is 1.71 bits per heavy atom. The molecule has 9 nitrogen and oxygen atoms in total. The Hall–Kier alpha value is -2.23. The lowest BCUT2D eigenvalue weighted by Crippen LogP contribution is -2.61. The van der Waals surface area contributed by atoms with E-state index in [9.17, 15) is 23.6 Å². The van der Waals surface area contributed by atoms with E-state index in [1.807, 2.05) is 0 Å². The lowest BCUT2D eigenvalue weighted by Gasteiger charge is -2.41. The van der Waals surface area contributed by atoms with Gasteiger partial charge in [0.05, 0.1) is 0 Å². The molecule has 0 aromatic heterocycles. The maximum absolute atomic E-state index is 14.2. The number of hydrogen-bond donors (Lipinski definition) is 0. The summed E-state index contributed by atoms with van der Waals surface area (Å²) in [6, 6.07) is 0. The molecule has 5 atom stereocenters. The fraction of sp³-hybridized carbons (Fsp3) is 0.714. The van der Waals surface area contributed by atoms with E-state index >= 15 is 0 Å². The monoisotopic (exact) mass is 350 g/mol. The molecule has 0 spiro atoms. The van der Waals surface area contributed by atoms with Gasteiger partial charge in [0, 0.05) is 27.7 Å². The van der Waals surface area contributed by atoms with Crippen LogP contribution < -0.4 is 0 Å². The smallest absolute Gasteiger partial charge is 0.303 e. The van der Waals surface area contributed by atoms with Crippen LogP contribution in [-0.4, -0.2) is 61.3 Å². The van der Waals surface area contributed by atoms with Crippen LogP contribution in [0, 0.1) is 0 Å². The van der Waals surface area contributed by atoms with Crippen LogP contribution in [0.3, 0.4) is 0 Å². The Balaban J connectivity index is 3.11. The van der Waals surface area contributed by atoms with Crippen molar-refractivity contribution in [2.24, 2.45) is 0 Å². The first-order valence-corrected chi connectivity index (χ1v) is 7.06. The summed E-state index contributed by atoms with van der Waals surface area (Å²) >= 11 is 0. The molecule has 0 N–H and O–H groups in total. The first-order valence-electron chi connectivity index (χ1n) is 7.06. The second-order valence-corrected chi connectivity index (χ2v) is 5.05. The molecule has 0 radical (unpaired) electrons. The highest BCUT2D eigenvalue weighted by molar-refractivity contribution is 5.68. The SMILES string of the molecule is CC(=O)OC[C@H]1O[C@H](F)[C@@H](OC(C)=O)[C@@H](OC(C)=O)[C@@H]1OC(C)=O. The summed E-state index contributed by atoms with van der Waals surface area (Å²) in [5.41, 5.74) is 0. The minimum absolute atomic E-state index is 0.446. The van der Waals surface area contributed by atoms with Gasteiger partial charge < -0.3 is 23.7 Å². The summed E-state index contributed by atoms with van der Waals surface area (Å²) in [6.45, 7) is 3.85. The molecule has 0 aromatic carbocycles. The molecular weight excluding hydrogens is 331 g/mol. The summed E-state index contributed by atoms with van der Waals surface area (Å²) in [7, 11) is 0. The number of carbonyl (C=O) groups excluding carboxylic acids is 4. The van der Waals surface area contributed by atoms with Gasteiger partial charge in [0.1, 0.15) is 12.7 Å². The summed E-state index contributed by atoms with van der Waals surface area (Å²) in [4.78, 5) is 44.7. The summed E-state index contributed by atoms with van der Waals surface area (Å²) in [6.07, 6.45) is -7.85. The van der Waals surface area contributed by atoms with Crippen LogP contribution in [0.1, 0.15) is 27.7 Å². The van der Waals surface area contributed by atoms with Gasteiger partial charge in [0.25, 0.3) is 0 Å². The van der Waals surface area contributed by atoms with E-state index in [2.05, 4.69) is 0 Å². The van der Waals surface area contributed by atoms with E-state index in [-0.39, 0.29) is 0 Å². The van der Waals surface area contributed by atoms with Gasteiger partial charge in [-0.1, -0.05) is 0 Å². The number of esters is 4. The first kappa shape index (κ1) is 19.8. The molecule has 136 valence electrons. The highest BCUT2D eigenvalue weighted by Gasteiger charge is 2.52. The Bertz CT molecular complexity index is 506. The van der Waals surface area contributed by atoms with Gasteiger partial charge in [0.2, 0.25) is 6.36 Å². The predicted molar refractivity (Wildman–Crippen MR) is 73.1 cm³/mol. The molecule has 1 aliphatic heterocycles. The average molecular weight is 350 g/mol. The minimum atomic E-state index is -2.18. The fourth-order valence-electron chi connectivity index (χ4n) is 2.18. The third kappa shape index (κ3) is 5.76. The van der Waals surface area contributed by atoms with Crippen molar-refractivity contribution in [3.05, 3.63) is 0 Å². The van der Waals surface area contributed by atoms with E-state index in [0.717, 1.165) is 27.7 Å². The van der Waals surface area contributed by atoms with Crippen molar-refractivity contribution in [3.8, 4) is 0 Å². The Labute approximate surface area is 137 Å². The highest BCUT2D eigenvalue weighted by Crippen LogP contribution is 2.29. The van der Waals surface area contributed by atoms with Crippen LogP contribution in [0.4, 0.5) is 4.39 Å². The lowest BCUT2D eigenvalue weighted by molar-refractivity contribution is -0.277. The molecule has 1 aliphatic rings. The molecular formula is C14H19FO9. The van der Waals surface area contributed by atoms with Crippen molar-refractivity contribution >= 4 is 23.9 Å². The van der Waals surface area contributed by atoms with Crippen LogP contribution in [-0.2, 0) is 42.9 Å². The molecule has 1 heterocycles. The number of carbonyl (C=O) groups is 4. The van der Waals surface area contributed by atoms with Crippen LogP contribution in [0.5, 0.6) is 0 Å². The zero-order valence-electron chi connectivity index (χ0n) is 13.6. The average Bonchev–Trinajstić information content (AvgIpc) is 2.42. The summed E-state index contributed by atoms with van der Waals surface area (Å²) < 4.78 is 38.7. The van der Waals surface area contributed by atoms with Crippen molar-refractivity contribution in [3.63, 3.8) is 0 Å². The number of alkyl halides is 1. The van der Waals surface area contributed by atoms with Gasteiger partial charge >= 0.3 is 23.9 Å². The number of ether oxygens (including phenoxy) is 5. The van der Waals surface area contributed by atoms with Gasteiger partial charge in [-0.3, -0.25) is 19.2 Å².